The van der Waals surface area contributed by atoms with Gasteiger partial charge in [0.05, 0.1) is 44.9 Å². The SMILES string of the molecule is N#Cc1ccc(-c2nc(-n3c4ccccc4c4cc5c6ccccc6n6c7cc8ccccc8cc7c(c43)c56)nc3ncccc23)cc1. The Balaban J connectivity index is 1.37. The lowest BCUT2D eigenvalue weighted by molar-refractivity contribution is 1.01. The number of benzene rings is 6. The molecule has 0 atom stereocenters. The first-order valence-electron chi connectivity index (χ1n) is 15.9. The average Bonchev–Trinajstić information content (AvgIpc) is 3.77. The summed E-state index contributed by atoms with van der Waals surface area (Å²) in [6.45, 7) is 0. The number of aromatic nitrogens is 5. The molecule has 6 heteroatoms. The molecule has 6 aromatic carbocycles. The van der Waals surface area contributed by atoms with Crippen LogP contribution in [0, 0.1) is 11.3 Å². The van der Waals surface area contributed by atoms with Gasteiger partial charge in [0.1, 0.15) is 0 Å². The Morgan fingerprint density at radius 3 is 2.04 bits per heavy atom. The fourth-order valence-corrected chi connectivity index (χ4v) is 7.87. The highest BCUT2D eigenvalue weighted by atomic mass is 15.2. The van der Waals surface area contributed by atoms with Crippen LogP contribution in [-0.2, 0) is 0 Å². The molecule has 5 heterocycles. The van der Waals surface area contributed by atoms with E-state index in [1.165, 1.54) is 48.9 Å². The molecule has 5 aromatic heterocycles. The Kier molecular flexibility index (Phi) is 4.82. The summed E-state index contributed by atoms with van der Waals surface area (Å²) >= 11 is 0. The first-order valence-corrected chi connectivity index (χ1v) is 15.9. The van der Waals surface area contributed by atoms with Crippen molar-refractivity contribution in [3.63, 3.8) is 0 Å². The van der Waals surface area contributed by atoms with Gasteiger partial charge in [-0.2, -0.15) is 10.2 Å². The van der Waals surface area contributed by atoms with E-state index in [-0.39, 0.29) is 0 Å². The van der Waals surface area contributed by atoms with Crippen LogP contribution >= 0.6 is 0 Å². The Hall–Kier alpha value is -6.84. The Labute approximate surface area is 272 Å². The van der Waals surface area contributed by atoms with Crippen molar-refractivity contribution in [2.24, 2.45) is 0 Å². The van der Waals surface area contributed by atoms with Crippen LogP contribution in [0.5, 0.6) is 0 Å². The second-order valence-corrected chi connectivity index (χ2v) is 12.4. The van der Waals surface area contributed by atoms with Crippen LogP contribution in [0.25, 0.3) is 98.9 Å². The molecule has 220 valence electrons. The normalized spacial score (nSPS) is 12.1. The number of hydrogen-bond acceptors (Lipinski definition) is 4. The molecule has 0 saturated carbocycles. The lowest BCUT2D eigenvalue weighted by Gasteiger charge is -2.12. The molecular formula is C42H22N6. The van der Waals surface area contributed by atoms with E-state index in [0.29, 0.717) is 17.2 Å². The number of nitrogens with zero attached hydrogens (tertiary/aromatic N) is 6. The van der Waals surface area contributed by atoms with Crippen molar-refractivity contribution in [1.29, 1.82) is 5.26 Å². The zero-order valence-electron chi connectivity index (χ0n) is 25.4. The van der Waals surface area contributed by atoms with Crippen LogP contribution in [0.2, 0.25) is 0 Å². The smallest absolute Gasteiger partial charge is 0.237 e. The van der Waals surface area contributed by atoms with Gasteiger partial charge in [0.25, 0.3) is 0 Å². The Morgan fingerprint density at radius 2 is 1.23 bits per heavy atom. The number of rotatable bonds is 2. The van der Waals surface area contributed by atoms with Crippen LogP contribution < -0.4 is 0 Å². The van der Waals surface area contributed by atoms with Crippen molar-refractivity contribution in [2.75, 3.05) is 0 Å². The number of nitriles is 1. The molecule has 0 radical (unpaired) electrons. The minimum absolute atomic E-state index is 0.555. The highest BCUT2D eigenvalue weighted by molar-refractivity contribution is 6.34. The first-order chi connectivity index (χ1) is 23.8. The quantitative estimate of drug-likeness (QED) is 0.195. The van der Waals surface area contributed by atoms with E-state index in [0.717, 1.165) is 38.4 Å². The van der Waals surface area contributed by atoms with Crippen LogP contribution in [0.4, 0.5) is 0 Å². The monoisotopic (exact) mass is 610 g/mol. The fourth-order valence-electron chi connectivity index (χ4n) is 7.87. The molecule has 0 bridgehead atoms. The van der Waals surface area contributed by atoms with Gasteiger partial charge < -0.3 is 4.40 Å². The van der Waals surface area contributed by atoms with Crippen molar-refractivity contribution in [3.05, 3.63) is 139 Å². The molecule has 11 rings (SSSR count). The lowest BCUT2D eigenvalue weighted by Crippen LogP contribution is -2.04. The van der Waals surface area contributed by atoms with E-state index in [2.05, 4.69) is 106 Å². The third kappa shape index (κ3) is 3.22. The number of para-hydroxylation sites is 2. The summed E-state index contributed by atoms with van der Waals surface area (Å²) < 4.78 is 4.67. The van der Waals surface area contributed by atoms with E-state index < -0.39 is 0 Å². The maximum Gasteiger partial charge on any atom is 0.237 e. The van der Waals surface area contributed by atoms with Gasteiger partial charge in [-0.05, 0) is 65.4 Å². The molecule has 6 nitrogen and oxygen atoms in total. The number of pyridine rings is 1. The second kappa shape index (κ2) is 9.12. The summed E-state index contributed by atoms with van der Waals surface area (Å²) in [5.41, 5.74) is 8.57. The topological polar surface area (TPSA) is 71.8 Å². The van der Waals surface area contributed by atoms with Crippen LogP contribution in [0.3, 0.4) is 0 Å². The van der Waals surface area contributed by atoms with Crippen molar-refractivity contribution >= 4 is 81.7 Å². The molecule has 0 unspecified atom stereocenters. The van der Waals surface area contributed by atoms with Gasteiger partial charge in [-0.3, -0.25) is 4.57 Å². The van der Waals surface area contributed by atoms with Gasteiger partial charge in [-0.25, -0.2) is 9.97 Å². The molecule has 11 aromatic rings. The van der Waals surface area contributed by atoms with E-state index in [9.17, 15) is 5.26 Å². The summed E-state index contributed by atoms with van der Waals surface area (Å²) in [7, 11) is 0. The molecule has 0 spiro atoms. The Bertz CT molecular complexity index is 3180. The summed E-state index contributed by atoms with van der Waals surface area (Å²) in [5, 5.41) is 19.9. The zero-order chi connectivity index (χ0) is 31.5. The zero-order valence-corrected chi connectivity index (χ0v) is 25.4. The minimum atomic E-state index is 0.555. The summed E-state index contributed by atoms with van der Waals surface area (Å²) in [6, 6.07) is 46.6. The number of hydrogen-bond donors (Lipinski definition) is 0. The van der Waals surface area contributed by atoms with Crippen LogP contribution in [0.15, 0.2) is 134 Å². The van der Waals surface area contributed by atoms with Crippen molar-refractivity contribution < 1.29 is 0 Å². The third-order valence-electron chi connectivity index (χ3n) is 9.91. The standard InChI is InChI=1S/C42H22N6/c43-23-24-15-17-25(18-16-24)38-30-12-7-19-44-41(30)46-42(45-38)48-35-14-6-4-11-29(35)32-22-31-28-10-3-5-13-34(28)47-36-21-27-9-2-1-8-26(27)20-33(36)37(39(31)47)40(32)48/h1-22H. The van der Waals surface area contributed by atoms with E-state index in [1.54, 1.807) is 6.20 Å². The molecule has 48 heavy (non-hydrogen) atoms. The van der Waals surface area contributed by atoms with Gasteiger partial charge in [-0.15, -0.1) is 0 Å². The van der Waals surface area contributed by atoms with Gasteiger partial charge in [0.2, 0.25) is 5.95 Å². The Morgan fingerprint density at radius 1 is 0.542 bits per heavy atom. The minimum Gasteiger partial charge on any atom is -0.308 e. The second-order valence-electron chi connectivity index (χ2n) is 12.4. The third-order valence-corrected chi connectivity index (χ3v) is 9.91. The lowest BCUT2D eigenvalue weighted by atomic mass is 10.0. The van der Waals surface area contributed by atoms with E-state index >= 15 is 0 Å². The summed E-state index contributed by atoms with van der Waals surface area (Å²) in [5.74, 6) is 0.555. The van der Waals surface area contributed by atoms with Gasteiger partial charge >= 0.3 is 0 Å². The highest BCUT2D eigenvalue weighted by Crippen LogP contribution is 2.47. The maximum absolute atomic E-state index is 9.45. The molecule has 0 aliphatic heterocycles. The van der Waals surface area contributed by atoms with Crippen molar-refractivity contribution in [3.8, 4) is 23.3 Å². The maximum atomic E-state index is 9.45. The van der Waals surface area contributed by atoms with Crippen molar-refractivity contribution in [2.45, 2.75) is 0 Å². The highest BCUT2D eigenvalue weighted by Gasteiger charge is 2.26. The van der Waals surface area contributed by atoms with Gasteiger partial charge in [0, 0.05) is 49.5 Å². The molecule has 0 aliphatic rings. The van der Waals surface area contributed by atoms with Crippen molar-refractivity contribution in [1.82, 2.24) is 23.9 Å². The molecular weight excluding hydrogens is 589 g/mol. The number of fused-ring (bicyclic) bond motifs is 12. The van der Waals surface area contributed by atoms with E-state index in [4.69, 9.17) is 15.0 Å². The summed E-state index contributed by atoms with van der Waals surface area (Å²) in [6.07, 6.45) is 1.77. The predicted octanol–water partition coefficient (Wildman–Crippen LogP) is 9.96. The van der Waals surface area contributed by atoms with Crippen LogP contribution in [-0.4, -0.2) is 23.9 Å². The molecule has 0 fully saturated rings. The predicted molar refractivity (Wildman–Crippen MR) is 194 cm³/mol. The van der Waals surface area contributed by atoms with Crippen LogP contribution in [0.1, 0.15) is 5.56 Å². The fraction of sp³-hybridized carbons (Fsp3) is 0. The molecule has 0 saturated heterocycles. The average molecular weight is 611 g/mol. The molecule has 0 N–H and O–H groups in total. The van der Waals surface area contributed by atoms with E-state index in [1.807, 2.05) is 36.4 Å². The first kappa shape index (κ1) is 25.4. The summed E-state index contributed by atoms with van der Waals surface area (Å²) in [4.78, 5) is 15.2. The molecule has 0 amide bonds. The molecule has 0 aliphatic carbocycles. The van der Waals surface area contributed by atoms with Gasteiger partial charge in [-0.1, -0.05) is 72.8 Å². The largest absolute Gasteiger partial charge is 0.308 e. The van der Waals surface area contributed by atoms with Gasteiger partial charge in [0.15, 0.2) is 5.65 Å².